The quantitative estimate of drug-likeness (QED) is 0.909. The predicted octanol–water partition coefficient (Wildman–Crippen LogP) is 3.82. The molecule has 1 saturated heterocycles. The molecule has 2 unspecified atom stereocenters. The first kappa shape index (κ1) is 14.0. The topological polar surface area (TPSA) is 15.3 Å². The highest BCUT2D eigenvalue weighted by Gasteiger charge is 2.23. The van der Waals surface area contributed by atoms with Gasteiger partial charge in [-0.3, -0.25) is 0 Å². The van der Waals surface area contributed by atoms with Crippen LogP contribution in [0.15, 0.2) is 18.2 Å². The van der Waals surface area contributed by atoms with E-state index in [4.69, 9.17) is 23.2 Å². The molecule has 0 amide bonds. The Morgan fingerprint density at radius 2 is 2.17 bits per heavy atom. The number of hydrogen-bond donors (Lipinski definition) is 1. The normalized spacial score (nSPS) is 22.0. The number of rotatable bonds is 3. The first-order valence-electron chi connectivity index (χ1n) is 6.55. The Balaban J connectivity index is 2.10. The number of piperazine rings is 1. The molecule has 1 aromatic carbocycles. The highest BCUT2D eigenvalue weighted by atomic mass is 35.5. The molecule has 1 heterocycles. The van der Waals surface area contributed by atoms with Gasteiger partial charge >= 0.3 is 0 Å². The van der Waals surface area contributed by atoms with E-state index >= 15 is 0 Å². The molecular formula is C14H20Cl2N2. The van der Waals surface area contributed by atoms with E-state index in [-0.39, 0.29) is 0 Å². The van der Waals surface area contributed by atoms with Crippen molar-refractivity contribution in [3.05, 3.63) is 28.2 Å². The van der Waals surface area contributed by atoms with Crippen LogP contribution >= 0.6 is 23.2 Å². The van der Waals surface area contributed by atoms with Crippen LogP contribution in [-0.2, 0) is 0 Å². The predicted molar refractivity (Wildman–Crippen MR) is 79.9 cm³/mol. The summed E-state index contributed by atoms with van der Waals surface area (Å²) in [5.41, 5.74) is 1.17. The zero-order chi connectivity index (χ0) is 13.1. The molecule has 0 saturated carbocycles. The minimum absolute atomic E-state index is 0.554. The first-order valence-corrected chi connectivity index (χ1v) is 7.30. The largest absolute Gasteiger partial charge is 0.369 e. The Kier molecular flexibility index (Phi) is 4.77. The Bertz CT molecular complexity index is 409. The van der Waals surface area contributed by atoms with Gasteiger partial charge in [-0.1, -0.05) is 43.5 Å². The summed E-state index contributed by atoms with van der Waals surface area (Å²) < 4.78 is 0. The molecule has 1 N–H and O–H groups in total. The smallest absolute Gasteiger partial charge is 0.0612 e. The van der Waals surface area contributed by atoms with Crippen LogP contribution in [0.1, 0.15) is 20.3 Å². The second-order valence-electron chi connectivity index (χ2n) is 4.99. The summed E-state index contributed by atoms with van der Waals surface area (Å²) in [7, 11) is 0. The van der Waals surface area contributed by atoms with Crippen molar-refractivity contribution in [2.75, 3.05) is 24.5 Å². The van der Waals surface area contributed by atoms with Crippen molar-refractivity contribution < 1.29 is 0 Å². The minimum Gasteiger partial charge on any atom is -0.369 e. The number of anilines is 1. The fourth-order valence-corrected chi connectivity index (χ4v) is 2.65. The highest BCUT2D eigenvalue weighted by Crippen LogP contribution is 2.28. The summed E-state index contributed by atoms with van der Waals surface area (Å²) in [5.74, 6) is 0.690. The van der Waals surface area contributed by atoms with Crippen molar-refractivity contribution in [1.29, 1.82) is 0 Å². The van der Waals surface area contributed by atoms with Crippen LogP contribution in [0, 0.1) is 5.92 Å². The van der Waals surface area contributed by atoms with Gasteiger partial charge in [-0.25, -0.2) is 0 Å². The molecule has 1 aliphatic heterocycles. The van der Waals surface area contributed by atoms with Crippen molar-refractivity contribution >= 4 is 28.9 Å². The van der Waals surface area contributed by atoms with E-state index in [1.165, 1.54) is 12.1 Å². The van der Waals surface area contributed by atoms with E-state index in [1.54, 1.807) is 0 Å². The summed E-state index contributed by atoms with van der Waals surface area (Å²) in [6, 6.07) is 6.44. The first-order chi connectivity index (χ1) is 8.61. The van der Waals surface area contributed by atoms with Crippen molar-refractivity contribution in [2.24, 2.45) is 5.92 Å². The number of halogens is 2. The lowest BCUT2D eigenvalue weighted by molar-refractivity contribution is 0.342. The van der Waals surface area contributed by atoms with E-state index in [2.05, 4.69) is 24.1 Å². The molecule has 1 fully saturated rings. The van der Waals surface area contributed by atoms with E-state index in [9.17, 15) is 0 Å². The van der Waals surface area contributed by atoms with Gasteiger partial charge in [0.05, 0.1) is 10.0 Å². The third-order valence-electron chi connectivity index (χ3n) is 3.80. The van der Waals surface area contributed by atoms with Gasteiger partial charge in [0.2, 0.25) is 0 Å². The summed E-state index contributed by atoms with van der Waals surface area (Å²) >= 11 is 12.0. The average Bonchev–Trinajstić information content (AvgIpc) is 2.41. The van der Waals surface area contributed by atoms with Crippen LogP contribution in [-0.4, -0.2) is 25.7 Å². The molecule has 1 aromatic rings. The fourth-order valence-electron chi connectivity index (χ4n) is 2.36. The molecular weight excluding hydrogens is 267 g/mol. The fraction of sp³-hybridized carbons (Fsp3) is 0.571. The lowest BCUT2D eigenvalue weighted by Gasteiger charge is -2.38. The van der Waals surface area contributed by atoms with Crippen molar-refractivity contribution in [1.82, 2.24) is 5.32 Å². The number of hydrogen-bond acceptors (Lipinski definition) is 2. The lowest BCUT2D eigenvalue weighted by Crippen LogP contribution is -2.53. The molecule has 0 aliphatic carbocycles. The third-order valence-corrected chi connectivity index (χ3v) is 4.54. The Morgan fingerprint density at radius 1 is 1.39 bits per heavy atom. The second kappa shape index (κ2) is 6.14. The van der Waals surface area contributed by atoms with Gasteiger partial charge in [0.25, 0.3) is 0 Å². The lowest BCUT2D eigenvalue weighted by atomic mass is 9.97. The van der Waals surface area contributed by atoms with Crippen molar-refractivity contribution in [3.8, 4) is 0 Å². The molecule has 100 valence electrons. The minimum atomic E-state index is 0.554. The molecule has 0 aromatic heterocycles. The standard InChI is InChI=1S/C14H20Cl2N2/c1-3-10(2)14-9-18(7-6-17-14)11-4-5-12(15)13(16)8-11/h4-5,8,10,14,17H,3,6-7,9H2,1-2H3. The van der Waals surface area contributed by atoms with E-state index in [0.717, 1.165) is 19.6 Å². The Labute approximate surface area is 119 Å². The van der Waals surface area contributed by atoms with E-state index in [0.29, 0.717) is 22.0 Å². The van der Waals surface area contributed by atoms with E-state index in [1.807, 2.05) is 18.2 Å². The number of benzene rings is 1. The Hall–Kier alpha value is -0.440. The molecule has 2 nitrogen and oxygen atoms in total. The molecule has 4 heteroatoms. The third kappa shape index (κ3) is 3.11. The van der Waals surface area contributed by atoms with E-state index < -0.39 is 0 Å². The van der Waals surface area contributed by atoms with Crippen LogP contribution in [0.2, 0.25) is 10.0 Å². The molecule has 1 aliphatic rings. The highest BCUT2D eigenvalue weighted by molar-refractivity contribution is 6.42. The molecule has 0 radical (unpaired) electrons. The SMILES string of the molecule is CCC(C)C1CN(c2ccc(Cl)c(Cl)c2)CCN1. The van der Waals surface area contributed by atoms with Crippen LogP contribution in [0.3, 0.4) is 0 Å². The van der Waals surface area contributed by atoms with Crippen molar-refractivity contribution in [3.63, 3.8) is 0 Å². The van der Waals surface area contributed by atoms with Gasteiger partial charge in [-0.05, 0) is 24.1 Å². The summed E-state index contributed by atoms with van der Waals surface area (Å²) in [6.45, 7) is 7.62. The Morgan fingerprint density at radius 3 is 2.83 bits per heavy atom. The van der Waals surface area contributed by atoms with Gasteiger partial charge < -0.3 is 10.2 Å². The van der Waals surface area contributed by atoms with Crippen LogP contribution in [0.25, 0.3) is 0 Å². The number of nitrogens with one attached hydrogen (secondary N) is 1. The van der Waals surface area contributed by atoms with Crippen molar-refractivity contribution in [2.45, 2.75) is 26.3 Å². The summed E-state index contributed by atoms with van der Waals surface area (Å²) in [5, 5.41) is 4.85. The van der Waals surface area contributed by atoms with Gasteiger partial charge in [0.15, 0.2) is 0 Å². The maximum Gasteiger partial charge on any atom is 0.0612 e. The molecule has 0 spiro atoms. The molecule has 2 atom stereocenters. The second-order valence-corrected chi connectivity index (χ2v) is 5.80. The zero-order valence-corrected chi connectivity index (χ0v) is 12.4. The van der Waals surface area contributed by atoms with Gasteiger partial charge in [-0.2, -0.15) is 0 Å². The summed E-state index contributed by atoms with van der Waals surface area (Å²) in [4.78, 5) is 2.38. The van der Waals surface area contributed by atoms with Crippen LogP contribution < -0.4 is 10.2 Å². The summed E-state index contributed by atoms with van der Waals surface area (Å²) in [6.07, 6.45) is 1.20. The molecule has 18 heavy (non-hydrogen) atoms. The van der Waals surface area contributed by atoms with Crippen LogP contribution in [0.4, 0.5) is 5.69 Å². The molecule has 2 rings (SSSR count). The van der Waals surface area contributed by atoms with Gasteiger partial charge in [-0.15, -0.1) is 0 Å². The van der Waals surface area contributed by atoms with Crippen LogP contribution in [0.5, 0.6) is 0 Å². The monoisotopic (exact) mass is 286 g/mol. The van der Waals surface area contributed by atoms with Gasteiger partial charge in [0.1, 0.15) is 0 Å². The zero-order valence-electron chi connectivity index (χ0n) is 10.9. The van der Waals surface area contributed by atoms with Gasteiger partial charge in [0, 0.05) is 31.4 Å². The average molecular weight is 287 g/mol. The molecule has 0 bridgehead atoms. The maximum atomic E-state index is 6.09. The maximum absolute atomic E-state index is 6.09. The number of nitrogens with zero attached hydrogens (tertiary/aromatic N) is 1.